The Hall–Kier alpha value is -2.08. The zero-order valence-electron chi connectivity index (χ0n) is 16.6. The van der Waals surface area contributed by atoms with Gasteiger partial charge in [0.25, 0.3) is 0 Å². The first-order chi connectivity index (χ1) is 13.4. The fraction of sp³-hybridized carbons (Fsp3) is 0.500. The number of amides is 1. The van der Waals surface area contributed by atoms with Gasteiger partial charge in [-0.3, -0.25) is 9.10 Å². The topological polar surface area (TPSA) is 66.5 Å². The summed E-state index contributed by atoms with van der Waals surface area (Å²) in [4.78, 5) is 12.2. The first-order valence-electron chi connectivity index (χ1n) is 10.2. The average Bonchev–Trinajstić information content (AvgIpc) is 2.69. The van der Waals surface area contributed by atoms with Gasteiger partial charge < -0.3 is 5.32 Å². The van der Waals surface area contributed by atoms with Crippen LogP contribution in [-0.4, -0.2) is 33.7 Å². The monoisotopic (exact) mass is 402 g/mol. The van der Waals surface area contributed by atoms with Crippen LogP contribution in [0.4, 0.5) is 5.69 Å². The van der Waals surface area contributed by atoms with Gasteiger partial charge in [-0.1, -0.05) is 55.7 Å². The van der Waals surface area contributed by atoms with E-state index in [-0.39, 0.29) is 5.91 Å². The molecule has 1 fully saturated rings. The second-order valence-corrected chi connectivity index (χ2v) is 9.65. The largest absolute Gasteiger partial charge is 0.356 e. The summed E-state index contributed by atoms with van der Waals surface area (Å²) in [6.45, 7) is 1.04. The molecule has 1 N–H and O–H groups in total. The van der Waals surface area contributed by atoms with E-state index in [0.717, 1.165) is 17.3 Å². The number of fused-ring (bicyclic) bond motifs is 1. The van der Waals surface area contributed by atoms with Gasteiger partial charge in [0.2, 0.25) is 15.9 Å². The molecule has 1 saturated carbocycles. The molecule has 0 spiro atoms. The van der Waals surface area contributed by atoms with Crippen molar-refractivity contribution in [2.24, 2.45) is 5.92 Å². The van der Waals surface area contributed by atoms with Gasteiger partial charge in [-0.25, -0.2) is 8.42 Å². The van der Waals surface area contributed by atoms with Crippen molar-refractivity contribution < 1.29 is 13.2 Å². The minimum Gasteiger partial charge on any atom is -0.356 e. The molecule has 0 aromatic heterocycles. The molecule has 0 heterocycles. The lowest BCUT2D eigenvalue weighted by atomic mass is 9.89. The van der Waals surface area contributed by atoms with Crippen molar-refractivity contribution in [3.63, 3.8) is 0 Å². The highest BCUT2D eigenvalue weighted by atomic mass is 32.2. The van der Waals surface area contributed by atoms with E-state index >= 15 is 0 Å². The average molecular weight is 403 g/mol. The third kappa shape index (κ3) is 5.47. The van der Waals surface area contributed by atoms with Crippen LogP contribution in [0.1, 0.15) is 44.9 Å². The van der Waals surface area contributed by atoms with E-state index in [9.17, 15) is 13.2 Å². The number of sulfonamides is 1. The van der Waals surface area contributed by atoms with Crippen molar-refractivity contribution in [2.45, 2.75) is 44.9 Å². The maximum Gasteiger partial charge on any atom is 0.232 e. The highest BCUT2D eigenvalue weighted by molar-refractivity contribution is 7.92. The summed E-state index contributed by atoms with van der Waals surface area (Å²) in [5.74, 6) is 0.609. The molecule has 0 unspecified atom stereocenters. The Morgan fingerprint density at radius 2 is 1.79 bits per heavy atom. The first kappa shape index (κ1) is 20.6. The normalized spacial score (nSPS) is 15.5. The van der Waals surface area contributed by atoms with Crippen molar-refractivity contribution in [2.75, 3.05) is 23.7 Å². The molecule has 2 aromatic rings. The van der Waals surface area contributed by atoms with Crippen LogP contribution in [0.15, 0.2) is 42.5 Å². The van der Waals surface area contributed by atoms with Gasteiger partial charge in [0.05, 0.1) is 11.9 Å². The number of hydrogen-bond donors (Lipinski definition) is 1. The lowest BCUT2D eigenvalue weighted by molar-refractivity contribution is -0.121. The molecule has 0 atom stereocenters. The van der Waals surface area contributed by atoms with Gasteiger partial charge in [0.15, 0.2) is 0 Å². The van der Waals surface area contributed by atoms with Crippen LogP contribution in [0.2, 0.25) is 0 Å². The third-order valence-electron chi connectivity index (χ3n) is 5.51. The van der Waals surface area contributed by atoms with Crippen molar-refractivity contribution in [1.29, 1.82) is 0 Å². The number of anilines is 1. The zero-order chi connectivity index (χ0) is 20.0. The van der Waals surface area contributed by atoms with Crippen molar-refractivity contribution in [1.82, 2.24) is 5.32 Å². The molecule has 152 valence electrons. The fourth-order valence-corrected chi connectivity index (χ4v) is 4.99. The SMILES string of the molecule is CS(=O)(=O)N(CCCC(=O)NCC1CCCCC1)c1cccc2ccccc12. The van der Waals surface area contributed by atoms with E-state index in [1.165, 1.54) is 42.7 Å². The quantitative estimate of drug-likeness (QED) is 0.723. The summed E-state index contributed by atoms with van der Waals surface area (Å²) in [6.07, 6.45) is 8.27. The van der Waals surface area contributed by atoms with E-state index in [1.807, 2.05) is 42.5 Å². The molecule has 1 aliphatic carbocycles. The van der Waals surface area contributed by atoms with E-state index in [1.54, 1.807) is 0 Å². The van der Waals surface area contributed by atoms with Crippen LogP contribution < -0.4 is 9.62 Å². The van der Waals surface area contributed by atoms with Gasteiger partial charge >= 0.3 is 0 Å². The van der Waals surface area contributed by atoms with Crippen LogP contribution in [0.25, 0.3) is 10.8 Å². The molecule has 5 nitrogen and oxygen atoms in total. The number of nitrogens with one attached hydrogen (secondary N) is 1. The maximum absolute atomic E-state index is 12.4. The Morgan fingerprint density at radius 1 is 1.07 bits per heavy atom. The van der Waals surface area contributed by atoms with Gasteiger partial charge in [-0.05, 0) is 36.6 Å². The Bertz CT molecular complexity index is 900. The molecule has 6 heteroatoms. The minimum atomic E-state index is -3.44. The molecule has 0 bridgehead atoms. The summed E-state index contributed by atoms with van der Waals surface area (Å²) in [5, 5.41) is 4.93. The first-order valence-corrected chi connectivity index (χ1v) is 12.0. The number of carbonyl (C=O) groups excluding carboxylic acids is 1. The smallest absolute Gasteiger partial charge is 0.232 e. The Labute approximate surface area is 168 Å². The Balaban J connectivity index is 1.60. The summed E-state index contributed by atoms with van der Waals surface area (Å²) in [5.41, 5.74) is 0.670. The fourth-order valence-electron chi connectivity index (χ4n) is 4.01. The van der Waals surface area contributed by atoms with Crippen molar-refractivity contribution in [3.05, 3.63) is 42.5 Å². The van der Waals surface area contributed by atoms with E-state index in [0.29, 0.717) is 31.0 Å². The van der Waals surface area contributed by atoms with Crippen LogP contribution in [0, 0.1) is 5.92 Å². The van der Waals surface area contributed by atoms with Crippen LogP contribution in [0.5, 0.6) is 0 Å². The molecule has 2 aromatic carbocycles. The molecule has 1 aliphatic rings. The second kappa shape index (κ2) is 9.41. The molecular weight excluding hydrogens is 372 g/mol. The Kier molecular flexibility index (Phi) is 6.94. The summed E-state index contributed by atoms with van der Waals surface area (Å²) >= 11 is 0. The molecule has 0 aliphatic heterocycles. The van der Waals surface area contributed by atoms with E-state index in [4.69, 9.17) is 0 Å². The van der Waals surface area contributed by atoms with E-state index < -0.39 is 10.0 Å². The van der Waals surface area contributed by atoms with Crippen LogP contribution in [-0.2, 0) is 14.8 Å². The number of carbonyl (C=O) groups is 1. The molecule has 3 rings (SSSR count). The maximum atomic E-state index is 12.4. The zero-order valence-corrected chi connectivity index (χ0v) is 17.4. The standard InChI is InChI=1S/C22H30N2O3S/c1-28(26,27)24(21-14-7-12-19-11-5-6-13-20(19)21)16-8-15-22(25)23-17-18-9-3-2-4-10-18/h5-7,11-14,18H,2-4,8-10,15-17H2,1H3,(H,23,25). The number of hydrogen-bond acceptors (Lipinski definition) is 3. The second-order valence-electron chi connectivity index (χ2n) is 7.75. The highest BCUT2D eigenvalue weighted by Gasteiger charge is 2.20. The minimum absolute atomic E-state index is 0.0111. The molecular formula is C22H30N2O3S. The van der Waals surface area contributed by atoms with Crippen molar-refractivity contribution in [3.8, 4) is 0 Å². The van der Waals surface area contributed by atoms with Gasteiger partial charge in [0.1, 0.15) is 0 Å². The Morgan fingerprint density at radius 3 is 2.54 bits per heavy atom. The predicted octanol–water partition coefficient (Wildman–Crippen LogP) is 4.08. The lowest BCUT2D eigenvalue weighted by Gasteiger charge is -2.24. The number of rotatable bonds is 8. The van der Waals surface area contributed by atoms with Gasteiger partial charge in [-0.15, -0.1) is 0 Å². The van der Waals surface area contributed by atoms with E-state index in [2.05, 4.69) is 5.32 Å². The molecule has 0 saturated heterocycles. The number of nitrogens with zero attached hydrogens (tertiary/aromatic N) is 1. The van der Waals surface area contributed by atoms with Crippen LogP contribution >= 0.6 is 0 Å². The summed E-state index contributed by atoms with van der Waals surface area (Å²) in [7, 11) is -3.44. The van der Waals surface area contributed by atoms with Gasteiger partial charge in [0, 0.05) is 24.9 Å². The molecule has 0 radical (unpaired) electrons. The van der Waals surface area contributed by atoms with Crippen LogP contribution in [0.3, 0.4) is 0 Å². The lowest BCUT2D eigenvalue weighted by Crippen LogP contribution is -2.33. The summed E-state index contributed by atoms with van der Waals surface area (Å²) in [6, 6.07) is 13.4. The van der Waals surface area contributed by atoms with Crippen molar-refractivity contribution >= 4 is 32.4 Å². The summed E-state index contributed by atoms with van der Waals surface area (Å²) < 4.78 is 26.2. The molecule has 28 heavy (non-hydrogen) atoms. The third-order valence-corrected chi connectivity index (χ3v) is 6.69. The highest BCUT2D eigenvalue weighted by Crippen LogP contribution is 2.28. The molecule has 1 amide bonds. The predicted molar refractivity (Wildman–Crippen MR) is 115 cm³/mol. The number of benzene rings is 2. The van der Waals surface area contributed by atoms with Gasteiger partial charge in [-0.2, -0.15) is 0 Å².